The van der Waals surface area contributed by atoms with Crippen LogP contribution in [0.4, 0.5) is 5.69 Å². The number of nitrogens with two attached hydrogens (primary N) is 1. The maximum atomic E-state index is 14.6. The highest BCUT2D eigenvalue weighted by molar-refractivity contribution is 6.18. The van der Waals surface area contributed by atoms with Crippen molar-refractivity contribution in [2.24, 2.45) is 12.8 Å². The van der Waals surface area contributed by atoms with Crippen LogP contribution in [0, 0.1) is 13.8 Å². The third-order valence-corrected chi connectivity index (χ3v) is 6.92. The minimum Gasteiger partial charge on any atom is -0.462 e. The number of esters is 1. The number of rotatable bonds is 4. The summed E-state index contributed by atoms with van der Waals surface area (Å²) in [5, 5.41) is 0. The van der Waals surface area contributed by atoms with Gasteiger partial charge in [-0.25, -0.2) is 4.79 Å². The number of aryl methyl sites for hydroxylation is 2. The molecular formula is C28H27N3O5. The summed E-state index contributed by atoms with van der Waals surface area (Å²) < 4.78 is 12.6. The van der Waals surface area contributed by atoms with E-state index in [1.165, 1.54) is 4.57 Å². The fourth-order valence-electron chi connectivity index (χ4n) is 5.24. The van der Waals surface area contributed by atoms with Crippen LogP contribution in [0.15, 0.2) is 70.8 Å². The molecule has 184 valence electrons. The van der Waals surface area contributed by atoms with Crippen molar-refractivity contribution in [3.8, 4) is 5.75 Å². The van der Waals surface area contributed by atoms with Gasteiger partial charge in [0.1, 0.15) is 16.7 Å². The Morgan fingerprint density at radius 3 is 2.56 bits per heavy atom. The lowest BCUT2D eigenvalue weighted by atomic mass is 9.68. The molecule has 5 rings (SSSR count). The zero-order valence-corrected chi connectivity index (χ0v) is 20.6. The standard InChI is InChI=1S/C28H27N3O5/c1-5-35-26(33)23-24(29)36-21-14-17(3)30(4)25(32)22(21)28(23)19-11-6-7-12-20(19)31(27(28)34)15-18-10-8-9-16(2)13-18/h6-14H,5,15,29H2,1-4H3/t28-/m1/s1. The summed E-state index contributed by atoms with van der Waals surface area (Å²) in [6, 6.07) is 16.7. The normalized spacial score (nSPS) is 18.2. The number of nitrogens with zero attached hydrogens (tertiary/aromatic N) is 2. The fraction of sp³-hybridized carbons (Fsp3) is 0.250. The number of aromatic nitrogens is 1. The number of hydrogen-bond donors (Lipinski definition) is 1. The summed E-state index contributed by atoms with van der Waals surface area (Å²) in [6.07, 6.45) is 0. The first-order chi connectivity index (χ1) is 17.2. The SMILES string of the molecule is CCOC(=O)C1=C(N)Oc2cc(C)n(C)c(=O)c2[C@@]12C(=O)N(Cc1cccc(C)c1)c1ccccc12. The molecule has 0 unspecified atom stereocenters. The molecule has 8 nitrogen and oxygen atoms in total. The number of amides is 1. The lowest BCUT2D eigenvalue weighted by Gasteiger charge is -2.35. The Kier molecular flexibility index (Phi) is 5.47. The number of carbonyl (C=O) groups is 2. The van der Waals surface area contributed by atoms with Gasteiger partial charge in [0.25, 0.3) is 5.56 Å². The molecule has 2 aromatic carbocycles. The lowest BCUT2D eigenvalue weighted by Crippen LogP contribution is -2.51. The van der Waals surface area contributed by atoms with Gasteiger partial charge in [0.2, 0.25) is 11.8 Å². The van der Waals surface area contributed by atoms with Gasteiger partial charge in [0, 0.05) is 30.1 Å². The van der Waals surface area contributed by atoms with Gasteiger partial charge in [0.15, 0.2) is 0 Å². The van der Waals surface area contributed by atoms with Crippen molar-refractivity contribution in [2.75, 3.05) is 11.5 Å². The Hall–Kier alpha value is -4.33. The van der Waals surface area contributed by atoms with E-state index in [0.717, 1.165) is 11.1 Å². The van der Waals surface area contributed by atoms with Crippen molar-refractivity contribution >= 4 is 17.6 Å². The Labute approximate surface area is 208 Å². The van der Waals surface area contributed by atoms with Crippen LogP contribution in [0.25, 0.3) is 0 Å². The maximum absolute atomic E-state index is 14.6. The second-order valence-electron chi connectivity index (χ2n) is 9.10. The number of pyridine rings is 1. The minimum atomic E-state index is -1.81. The predicted octanol–water partition coefficient (Wildman–Crippen LogP) is 2.96. The Balaban J connectivity index is 1.85. The van der Waals surface area contributed by atoms with E-state index in [4.69, 9.17) is 15.2 Å². The summed E-state index contributed by atoms with van der Waals surface area (Å²) in [4.78, 5) is 43.4. The van der Waals surface area contributed by atoms with E-state index in [9.17, 15) is 14.4 Å². The molecule has 0 aliphatic carbocycles. The van der Waals surface area contributed by atoms with Crippen LogP contribution in [-0.2, 0) is 33.3 Å². The topological polar surface area (TPSA) is 104 Å². The Bertz CT molecular complexity index is 1520. The number of carbonyl (C=O) groups excluding carboxylic acids is 2. The van der Waals surface area contributed by atoms with E-state index >= 15 is 0 Å². The molecule has 0 saturated heterocycles. The summed E-state index contributed by atoms with van der Waals surface area (Å²) in [5.41, 5.74) is 7.61. The van der Waals surface area contributed by atoms with Crippen LogP contribution in [0.5, 0.6) is 5.75 Å². The van der Waals surface area contributed by atoms with E-state index < -0.39 is 22.9 Å². The average molecular weight is 486 g/mol. The third-order valence-electron chi connectivity index (χ3n) is 6.92. The molecule has 2 N–H and O–H groups in total. The van der Waals surface area contributed by atoms with Crippen LogP contribution < -0.4 is 20.9 Å². The number of anilines is 1. The molecule has 1 spiro atoms. The molecule has 2 aliphatic rings. The zero-order valence-electron chi connectivity index (χ0n) is 20.6. The first-order valence-electron chi connectivity index (χ1n) is 11.7. The van der Waals surface area contributed by atoms with Crippen LogP contribution in [0.3, 0.4) is 0 Å². The average Bonchev–Trinajstić information content (AvgIpc) is 3.06. The van der Waals surface area contributed by atoms with E-state index in [1.807, 2.05) is 43.3 Å². The van der Waals surface area contributed by atoms with Crippen molar-refractivity contribution < 1.29 is 19.1 Å². The predicted molar refractivity (Wildman–Crippen MR) is 134 cm³/mol. The molecule has 1 amide bonds. The molecule has 0 saturated carbocycles. The van der Waals surface area contributed by atoms with Crippen LogP contribution in [0.2, 0.25) is 0 Å². The lowest BCUT2D eigenvalue weighted by molar-refractivity contribution is -0.140. The number of ether oxygens (including phenoxy) is 2. The van der Waals surface area contributed by atoms with Crippen LogP contribution in [0.1, 0.15) is 34.9 Å². The Morgan fingerprint density at radius 2 is 1.83 bits per heavy atom. The summed E-state index contributed by atoms with van der Waals surface area (Å²) in [6.45, 7) is 5.71. The summed E-state index contributed by atoms with van der Waals surface area (Å²) >= 11 is 0. The van der Waals surface area contributed by atoms with Gasteiger partial charge < -0.3 is 24.7 Å². The van der Waals surface area contributed by atoms with Gasteiger partial charge >= 0.3 is 5.97 Å². The highest BCUT2D eigenvalue weighted by atomic mass is 16.5. The van der Waals surface area contributed by atoms with Gasteiger partial charge in [-0.05, 0) is 32.4 Å². The number of fused-ring (bicyclic) bond motifs is 4. The molecule has 0 fully saturated rings. The monoisotopic (exact) mass is 485 g/mol. The van der Waals surface area contributed by atoms with E-state index in [1.54, 1.807) is 44.0 Å². The quantitative estimate of drug-likeness (QED) is 0.570. The highest BCUT2D eigenvalue weighted by Gasteiger charge is 2.62. The molecule has 3 heterocycles. The van der Waals surface area contributed by atoms with Crippen molar-refractivity contribution in [2.45, 2.75) is 32.7 Å². The van der Waals surface area contributed by atoms with Crippen molar-refractivity contribution in [1.82, 2.24) is 4.57 Å². The van der Waals surface area contributed by atoms with Crippen molar-refractivity contribution in [3.05, 3.63) is 104 Å². The molecule has 0 bridgehead atoms. The van der Waals surface area contributed by atoms with E-state index in [0.29, 0.717) is 16.9 Å². The molecule has 8 heteroatoms. The van der Waals surface area contributed by atoms with Gasteiger partial charge in [-0.1, -0.05) is 48.0 Å². The fourth-order valence-corrected chi connectivity index (χ4v) is 5.24. The van der Waals surface area contributed by atoms with E-state index in [2.05, 4.69) is 0 Å². The second kappa shape index (κ2) is 8.41. The zero-order chi connectivity index (χ0) is 25.8. The van der Waals surface area contributed by atoms with Crippen LogP contribution in [-0.4, -0.2) is 23.1 Å². The first-order valence-corrected chi connectivity index (χ1v) is 11.7. The molecule has 3 aromatic rings. The third kappa shape index (κ3) is 3.17. The van der Waals surface area contributed by atoms with Crippen molar-refractivity contribution in [3.63, 3.8) is 0 Å². The highest BCUT2D eigenvalue weighted by Crippen LogP contribution is 2.54. The molecule has 36 heavy (non-hydrogen) atoms. The maximum Gasteiger partial charge on any atom is 0.341 e. The molecule has 1 atom stereocenters. The molecule has 1 aromatic heterocycles. The molecule has 2 aliphatic heterocycles. The van der Waals surface area contributed by atoms with Gasteiger partial charge in [-0.3, -0.25) is 9.59 Å². The van der Waals surface area contributed by atoms with Gasteiger partial charge in [-0.2, -0.15) is 0 Å². The largest absolute Gasteiger partial charge is 0.462 e. The van der Waals surface area contributed by atoms with Gasteiger partial charge in [-0.15, -0.1) is 0 Å². The molecule has 0 radical (unpaired) electrons. The molecular weight excluding hydrogens is 458 g/mol. The van der Waals surface area contributed by atoms with Crippen LogP contribution >= 0.6 is 0 Å². The number of hydrogen-bond acceptors (Lipinski definition) is 6. The van der Waals surface area contributed by atoms with Crippen molar-refractivity contribution in [1.29, 1.82) is 0 Å². The minimum absolute atomic E-state index is 0.0528. The number of para-hydroxylation sites is 1. The summed E-state index contributed by atoms with van der Waals surface area (Å²) in [7, 11) is 1.62. The van der Waals surface area contributed by atoms with E-state index in [-0.39, 0.29) is 35.9 Å². The summed E-state index contributed by atoms with van der Waals surface area (Å²) in [5.74, 6) is -1.36. The smallest absolute Gasteiger partial charge is 0.341 e. The first kappa shape index (κ1) is 23.4. The Morgan fingerprint density at radius 1 is 1.08 bits per heavy atom. The number of benzene rings is 2. The second-order valence-corrected chi connectivity index (χ2v) is 9.10. The van der Waals surface area contributed by atoms with Gasteiger partial charge in [0.05, 0.1) is 18.7 Å².